The van der Waals surface area contributed by atoms with Crippen LogP contribution in [0.1, 0.15) is 5.56 Å². The van der Waals surface area contributed by atoms with Crippen LogP contribution in [0, 0.1) is 11.6 Å². The average Bonchev–Trinajstić information content (AvgIpc) is 2.09. The van der Waals surface area contributed by atoms with E-state index in [0.717, 1.165) is 0 Å². The maximum atomic E-state index is 13.1. The van der Waals surface area contributed by atoms with E-state index < -0.39 is 40.4 Å². The number of hydrogen-bond donors (Lipinski definition) is 2. The fourth-order valence-electron chi connectivity index (χ4n) is 0.948. The van der Waals surface area contributed by atoms with Crippen molar-refractivity contribution in [2.24, 2.45) is 0 Å². The minimum absolute atomic E-state index is 0.559. The van der Waals surface area contributed by atoms with Crippen LogP contribution in [0.4, 0.5) is 8.78 Å². The first kappa shape index (κ1) is 10.7. The summed E-state index contributed by atoms with van der Waals surface area (Å²) >= 11 is 5.26. The lowest BCUT2D eigenvalue weighted by atomic mass is 10.1. The van der Waals surface area contributed by atoms with E-state index in [1.54, 1.807) is 0 Å². The lowest BCUT2D eigenvalue weighted by molar-refractivity contribution is -0.136. The molecule has 0 aliphatic heterocycles. The van der Waals surface area contributed by atoms with Crippen molar-refractivity contribution in [3.8, 4) is 5.75 Å². The van der Waals surface area contributed by atoms with Crippen LogP contribution >= 0.6 is 11.6 Å². The minimum Gasteiger partial charge on any atom is -0.505 e. The monoisotopic (exact) mass is 222 g/mol. The fraction of sp³-hybridized carbons (Fsp3) is 0.125. The number of carboxylic acids is 1. The Balaban J connectivity index is 3.31. The molecule has 3 nitrogen and oxygen atoms in total. The van der Waals surface area contributed by atoms with E-state index in [9.17, 15) is 13.6 Å². The van der Waals surface area contributed by atoms with Gasteiger partial charge in [0.1, 0.15) is 5.82 Å². The molecule has 0 radical (unpaired) electrons. The van der Waals surface area contributed by atoms with Gasteiger partial charge < -0.3 is 10.2 Å². The number of hydrogen-bond acceptors (Lipinski definition) is 2. The summed E-state index contributed by atoms with van der Waals surface area (Å²) in [7, 11) is 0. The number of benzene rings is 1. The molecule has 0 atom stereocenters. The smallest absolute Gasteiger partial charge is 0.308 e. The molecule has 0 saturated heterocycles. The number of phenols is 1. The van der Waals surface area contributed by atoms with E-state index in [-0.39, 0.29) is 0 Å². The maximum absolute atomic E-state index is 13.1. The van der Waals surface area contributed by atoms with Gasteiger partial charge in [0.05, 0.1) is 11.4 Å². The summed E-state index contributed by atoms with van der Waals surface area (Å²) in [6.07, 6.45) is -0.824. The van der Waals surface area contributed by atoms with Crippen molar-refractivity contribution in [1.29, 1.82) is 0 Å². The van der Waals surface area contributed by atoms with Gasteiger partial charge in [-0.25, -0.2) is 8.78 Å². The predicted molar refractivity (Wildman–Crippen MR) is 44.4 cm³/mol. The Hall–Kier alpha value is -1.36. The third-order valence-corrected chi connectivity index (χ3v) is 1.84. The first-order valence-corrected chi connectivity index (χ1v) is 3.88. The zero-order valence-corrected chi connectivity index (χ0v) is 7.48. The number of halogens is 3. The number of rotatable bonds is 2. The summed E-state index contributed by atoms with van der Waals surface area (Å²) in [5.74, 6) is -4.67. The van der Waals surface area contributed by atoms with Crippen molar-refractivity contribution < 1.29 is 23.8 Å². The van der Waals surface area contributed by atoms with E-state index in [1.165, 1.54) is 0 Å². The van der Waals surface area contributed by atoms with Crippen LogP contribution in [0.15, 0.2) is 6.07 Å². The van der Waals surface area contributed by atoms with Gasteiger partial charge in [-0.15, -0.1) is 0 Å². The molecule has 0 fully saturated rings. The quantitative estimate of drug-likeness (QED) is 0.752. The van der Waals surface area contributed by atoms with Gasteiger partial charge in [0, 0.05) is 5.56 Å². The van der Waals surface area contributed by atoms with Crippen molar-refractivity contribution in [2.75, 3.05) is 0 Å². The van der Waals surface area contributed by atoms with E-state index >= 15 is 0 Å². The Kier molecular flexibility index (Phi) is 2.90. The van der Waals surface area contributed by atoms with Crippen LogP contribution in [0.25, 0.3) is 0 Å². The third-order valence-electron chi connectivity index (χ3n) is 1.57. The molecular weight excluding hydrogens is 218 g/mol. The Bertz CT molecular complexity index is 366. The predicted octanol–water partition coefficient (Wildman–Crippen LogP) is 1.95. The second kappa shape index (κ2) is 3.79. The summed E-state index contributed by atoms with van der Waals surface area (Å²) in [5.41, 5.74) is -0.650. The molecule has 0 aromatic heterocycles. The van der Waals surface area contributed by atoms with Gasteiger partial charge in [-0.05, 0) is 6.07 Å². The number of aliphatic carboxylic acids is 1. The van der Waals surface area contributed by atoms with Crippen molar-refractivity contribution in [3.05, 3.63) is 28.3 Å². The molecular formula is C8H5ClF2O3. The zero-order valence-electron chi connectivity index (χ0n) is 6.72. The molecule has 0 saturated carbocycles. The SMILES string of the molecule is O=C(O)Cc1c(O)c(F)cc(Cl)c1F. The molecule has 0 aliphatic carbocycles. The van der Waals surface area contributed by atoms with Crippen LogP contribution in [0.2, 0.25) is 5.02 Å². The maximum Gasteiger partial charge on any atom is 0.308 e. The Morgan fingerprint density at radius 3 is 2.57 bits per heavy atom. The molecule has 0 unspecified atom stereocenters. The van der Waals surface area contributed by atoms with Crippen LogP contribution in [-0.4, -0.2) is 16.2 Å². The lowest BCUT2D eigenvalue weighted by Gasteiger charge is -2.05. The third kappa shape index (κ3) is 1.93. The van der Waals surface area contributed by atoms with Crippen molar-refractivity contribution in [2.45, 2.75) is 6.42 Å². The first-order chi connectivity index (χ1) is 6.43. The number of aromatic hydroxyl groups is 1. The normalized spacial score (nSPS) is 10.2. The highest BCUT2D eigenvalue weighted by Gasteiger charge is 2.19. The average molecular weight is 223 g/mol. The molecule has 2 N–H and O–H groups in total. The molecule has 0 aliphatic rings. The molecule has 1 rings (SSSR count). The molecule has 0 amide bonds. The largest absolute Gasteiger partial charge is 0.505 e. The standard InChI is InChI=1S/C8H5ClF2O3/c9-4-2-5(10)8(14)3(7(4)11)1-6(12)13/h2,14H,1H2,(H,12,13). The molecule has 0 bridgehead atoms. The minimum atomic E-state index is -1.39. The van der Waals surface area contributed by atoms with E-state index in [1.807, 2.05) is 0 Å². The Morgan fingerprint density at radius 1 is 1.50 bits per heavy atom. The van der Waals surface area contributed by atoms with E-state index in [0.29, 0.717) is 6.07 Å². The van der Waals surface area contributed by atoms with Crippen LogP contribution in [0.5, 0.6) is 5.75 Å². The van der Waals surface area contributed by atoms with Crippen molar-refractivity contribution >= 4 is 17.6 Å². The first-order valence-electron chi connectivity index (χ1n) is 3.50. The van der Waals surface area contributed by atoms with Gasteiger partial charge in [-0.2, -0.15) is 0 Å². The van der Waals surface area contributed by atoms with Gasteiger partial charge in [0.2, 0.25) is 0 Å². The van der Waals surface area contributed by atoms with Crippen LogP contribution < -0.4 is 0 Å². The van der Waals surface area contributed by atoms with Crippen LogP contribution in [0.3, 0.4) is 0 Å². The summed E-state index contributed by atoms with van der Waals surface area (Å²) < 4.78 is 25.9. The van der Waals surface area contributed by atoms with Gasteiger partial charge in [-0.1, -0.05) is 11.6 Å². The number of carboxylic acid groups (broad SMARTS) is 1. The second-order valence-corrected chi connectivity index (χ2v) is 2.96. The molecule has 0 spiro atoms. The van der Waals surface area contributed by atoms with Crippen molar-refractivity contribution in [3.63, 3.8) is 0 Å². The Labute approximate surface area is 82.5 Å². The number of phenolic OH excluding ortho intramolecular Hbond substituents is 1. The van der Waals surface area contributed by atoms with E-state index in [2.05, 4.69) is 0 Å². The highest BCUT2D eigenvalue weighted by Crippen LogP contribution is 2.29. The lowest BCUT2D eigenvalue weighted by Crippen LogP contribution is -2.04. The highest BCUT2D eigenvalue weighted by atomic mass is 35.5. The molecule has 0 heterocycles. The van der Waals surface area contributed by atoms with Gasteiger partial charge in [0.15, 0.2) is 11.6 Å². The summed E-state index contributed by atoms with van der Waals surface area (Å²) in [6, 6.07) is 0.581. The summed E-state index contributed by atoms with van der Waals surface area (Å²) in [6.45, 7) is 0. The molecule has 14 heavy (non-hydrogen) atoms. The van der Waals surface area contributed by atoms with Gasteiger partial charge in [-0.3, -0.25) is 4.79 Å². The number of carbonyl (C=O) groups is 1. The summed E-state index contributed by atoms with van der Waals surface area (Å²) in [5, 5.41) is 16.8. The molecule has 1 aromatic rings. The van der Waals surface area contributed by atoms with E-state index in [4.69, 9.17) is 21.8 Å². The molecule has 6 heteroatoms. The fourth-order valence-corrected chi connectivity index (χ4v) is 1.16. The molecule has 76 valence electrons. The molecule has 1 aromatic carbocycles. The highest BCUT2D eigenvalue weighted by molar-refractivity contribution is 6.30. The van der Waals surface area contributed by atoms with Gasteiger partial charge in [0.25, 0.3) is 0 Å². The zero-order chi connectivity index (χ0) is 10.9. The van der Waals surface area contributed by atoms with Crippen molar-refractivity contribution in [1.82, 2.24) is 0 Å². The van der Waals surface area contributed by atoms with Crippen LogP contribution in [-0.2, 0) is 11.2 Å². The Morgan fingerprint density at radius 2 is 2.07 bits per heavy atom. The summed E-state index contributed by atoms with van der Waals surface area (Å²) in [4.78, 5) is 10.3. The topological polar surface area (TPSA) is 57.5 Å². The van der Waals surface area contributed by atoms with Gasteiger partial charge >= 0.3 is 5.97 Å². The second-order valence-electron chi connectivity index (χ2n) is 2.55.